The lowest BCUT2D eigenvalue weighted by atomic mass is 9.99. The summed E-state index contributed by atoms with van der Waals surface area (Å²) in [4.78, 5) is 28.9. The average molecular weight is 448 g/mol. The molecule has 2 aromatic carbocycles. The van der Waals surface area contributed by atoms with Gasteiger partial charge in [0.25, 0.3) is 11.1 Å². The maximum absolute atomic E-state index is 13.2. The molecule has 0 amide bonds. The van der Waals surface area contributed by atoms with Crippen molar-refractivity contribution >= 4 is 20.9 Å². The molecule has 3 heterocycles. The number of rotatable bonds is 4. The summed E-state index contributed by atoms with van der Waals surface area (Å²) in [6, 6.07) is 19.1. The monoisotopic (exact) mass is 447 g/mol. The number of aromatic nitrogens is 2. The first-order chi connectivity index (χ1) is 15.5. The summed E-state index contributed by atoms with van der Waals surface area (Å²) in [6.07, 6.45) is 2.88. The lowest BCUT2D eigenvalue weighted by Crippen LogP contribution is -2.30. The number of H-pyrrole nitrogens is 1. The van der Waals surface area contributed by atoms with E-state index < -0.39 is 21.1 Å². The number of fused-ring (bicyclic) bond motifs is 1. The number of pyridine rings is 2. The SMILES string of the molecule is O=c1[nH]c2ccccc2c(-c2ccccc2)c1-n1cc(S(=O)(=O)N2CCCC2)ccc1=O. The van der Waals surface area contributed by atoms with Crippen molar-refractivity contribution in [1.29, 1.82) is 0 Å². The molecule has 1 fully saturated rings. The number of nitrogens with zero attached hydrogens (tertiary/aromatic N) is 2. The molecule has 7 nitrogen and oxygen atoms in total. The Morgan fingerprint density at radius 2 is 1.50 bits per heavy atom. The number of nitrogens with one attached hydrogen (secondary N) is 1. The maximum Gasteiger partial charge on any atom is 0.273 e. The van der Waals surface area contributed by atoms with Crippen molar-refractivity contribution in [3.05, 3.63) is 93.6 Å². The van der Waals surface area contributed by atoms with Crippen LogP contribution >= 0.6 is 0 Å². The highest BCUT2D eigenvalue weighted by atomic mass is 32.2. The van der Waals surface area contributed by atoms with E-state index >= 15 is 0 Å². The number of para-hydroxylation sites is 1. The summed E-state index contributed by atoms with van der Waals surface area (Å²) in [6.45, 7) is 0.903. The third-order valence-corrected chi connectivity index (χ3v) is 7.67. The van der Waals surface area contributed by atoms with Crippen LogP contribution in [-0.2, 0) is 10.0 Å². The topological polar surface area (TPSA) is 92.2 Å². The number of hydrogen-bond donors (Lipinski definition) is 1. The maximum atomic E-state index is 13.2. The smallest absolute Gasteiger partial charge is 0.273 e. The highest BCUT2D eigenvalue weighted by molar-refractivity contribution is 7.89. The van der Waals surface area contributed by atoms with Crippen molar-refractivity contribution in [2.24, 2.45) is 0 Å². The van der Waals surface area contributed by atoms with Gasteiger partial charge in [0.15, 0.2) is 0 Å². The number of sulfonamides is 1. The zero-order chi connectivity index (χ0) is 22.3. The van der Waals surface area contributed by atoms with Gasteiger partial charge in [0.2, 0.25) is 10.0 Å². The van der Waals surface area contributed by atoms with Crippen molar-refractivity contribution in [1.82, 2.24) is 13.9 Å². The van der Waals surface area contributed by atoms with E-state index in [1.807, 2.05) is 48.5 Å². The van der Waals surface area contributed by atoms with Gasteiger partial charge >= 0.3 is 0 Å². The molecule has 8 heteroatoms. The third-order valence-electron chi connectivity index (χ3n) is 5.79. The van der Waals surface area contributed by atoms with E-state index in [4.69, 9.17) is 0 Å². The first-order valence-electron chi connectivity index (χ1n) is 10.4. The van der Waals surface area contributed by atoms with Gasteiger partial charge in [-0.25, -0.2) is 8.42 Å². The predicted molar refractivity (Wildman–Crippen MR) is 124 cm³/mol. The Kier molecular flexibility index (Phi) is 5.03. The Balaban J connectivity index is 1.82. The lowest BCUT2D eigenvalue weighted by Gasteiger charge is -2.18. The molecule has 0 bridgehead atoms. The molecule has 32 heavy (non-hydrogen) atoms. The number of hydrogen-bond acceptors (Lipinski definition) is 4. The van der Waals surface area contributed by atoms with E-state index in [1.165, 1.54) is 22.6 Å². The summed E-state index contributed by atoms with van der Waals surface area (Å²) in [7, 11) is -3.76. The van der Waals surface area contributed by atoms with Crippen LogP contribution in [0.15, 0.2) is 87.4 Å². The fourth-order valence-electron chi connectivity index (χ4n) is 4.23. The molecule has 4 aromatic rings. The van der Waals surface area contributed by atoms with Crippen molar-refractivity contribution in [3.63, 3.8) is 0 Å². The van der Waals surface area contributed by atoms with Gasteiger partial charge in [-0.15, -0.1) is 0 Å². The molecule has 1 aliphatic rings. The molecule has 5 rings (SSSR count). The fraction of sp³-hybridized carbons (Fsp3) is 0.167. The second-order valence-electron chi connectivity index (χ2n) is 7.77. The summed E-state index contributed by atoms with van der Waals surface area (Å²) in [5.74, 6) is 0. The summed E-state index contributed by atoms with van der Waals surface area (Å²) >= 11 is 0. The first-order valence-corrected chi connectivity index (χ1v) is 11.8. The highest BCUT2D eigenvalue weighted by Gasteiger charge is 2.28. The normalized spacial score (nSPS) is 14.8. The molecular weight excluding hydrogens is 426 g/mol. The van der Waals surface area contributed by atoms with Gasteiger partial charge in [-0.3, -0.25) is 14.2 Å². The minimum absolute atomic E-state index is 0.00873. The van der Waals surface area contributed by atoms with Crippen LogP contribution in [-0.4, -0.2) is 35.4 Å². The zero-order valence-electron chi connectivity index (χ0n) is 17.2. The molecule has 0 aliphatic carbocycles. The van der Waals surface area contributed by atoms with E-state index in [1.54, 1.807) is 6.07 Å². The Bertz CT molecular complexity index is 1530. The summed E-state index contributed by atoms with van der Waals surface area (Å²) in [5.41, 5.74) is 1.10. The van der Waals surface area contributed by atoms with Crippen LogP contribution in [0.25, 0.3) is 27.7 Å². The Morgan fingerprint density at radius 1 is 0.812 bits per heavy atom. The van der Waals surface area contributed by atoms with Crippen LogP contribution in [0.4, 0.5) is 0 Å². The van der Waals surface area contributed by atoms with Crippen molar-refractivity contribution in [2.45, 2.75) is 17.7 Å². The van der Waals surface area contributed by atoms with Crippen LogP contribution in [0.1, 0.15) is 12.8 Å². The largest absolute Gasteiger partial charge is 0.320 e. The molecule has 1 saturated heterocycles. The molecular formula is C24H21N3O4S. The zero-order valence-corrected chi connectivity index (χ0v) is 18.0. The Labute approximate surface area is 184 Å². The standard InChI is InChI=1S/C24H21N3O4S/c28-21-13-12-18(32(30,31)26-14-6-7-15-26)16-27(21)23-22(17-8-2-1-3-9-17)19-10-4-5-11-20(19)25-24(23)29/h1-5,8-13,16H,6-7,14-15H2,(H,25,29). The van der Waals surface area contributed by atoms with E-state index in [0.29, 0.717) is 24.2 Å². The summed E-state index contributed by atoms with van der Waals surface area (Å²) < 4.78 is 28.8. The highest BCUT2D eigenvalue weighted by Crippen LogP contribution is 2.31. The molecule has 0 spiro atoms. The average Bonchev–Trinajstić information content (AvgIpc) is 3.35. The van der Waals surface area contributed by atoms with E-state index in [-0.39, 0.29) is 10.6 Å². The number of aromatic amines is 1. The van der Waals surface area contributed by atoms with Gasteiger partial charge in [-0.2, -0.15) is 4.31 Å². The predicted octanol–water partition coefficient (Wildman–Crippen LogP) is 3.13. The van der Waals surface area contributed by atoms with Crippen LogP contribution in [0.3, 0.4) is 0 Å². The molecule has 0 unspecified atom stereocenters. The number of benzene rings is 2. The molecule has 0 atom stereocenters. The summed E-state index contributed by atoms with van der Waals surface area (Å²) in [5, 5.41) is 0.757. The van der Waals surface area contributed by atoms with E-state index in [0.717, 1.165) is 28.4 Å². The Morgan fingerprint density at radius 3 is 2.25 bits per heavy atom. The van der Waals surface area contributed by atoms with E-state index in [9.17, 15) is 18.0 Å². The molecule has 1 N–H and O–H groups in total. The van der Waals surface area contributed by atoms with Crippen LogP contribution < -0.4 is 11.1 Å². The third kappa shape index (κ3) is 3.37. The van der Waals surface area contributed by atoms with Gasteiger partial charge in [0.1, 0.15) is 5.69 Å². The quantitative estimate of drug-likeness (QED) is 0.520. The van der Waals surface area contributed by atoms with Crippen molar-refractivity contribution < 1.29 is 8.42 Å². The molecule has 162 valence electrons. The minimum Gasteiger partial charge on any atom is -0.320 e. The fourth-order valence-corrected chi connectivity index (χ4v) is 5.75. The van der Waals surface area contributed by atoms with Gasteiger partial charge in [0.05, 0.1) is 4.90 Å². The van der Waals surface area contributed by atoms with Gasteiger partial charge in [0, 0.05) is 41.8 Å². The van der Waals surface area contributed by atoms with Gasteiger partial charge < -0.3 is 4.98 Å². The van der Waals surface area contributed by atoms with Gasteiger partial charge in [-0.1, -0.05) is 48.5 Å². The van der Waals surface area contributed by atoms with Gasteiger partial charge in [-0.05, 0) is 30.5 Å². The first kappa shape index (κ1) is 20.4. The van der Waals surface area contributed by atoms with Crippen molar-refractivity contribution in [2.75, 3.05) is 13.1 Å². The second kappa shape index (κ2) is 7.89. The van der Waals surface area contributed by atoms with E-state index in [2.05, 4.69) is 4.98 Å². The van der Waals surface area contributed by atoms with Crippen LogP contribution in [0.2, 0.25) is 0 Å². The minimum atomic E-state index is -3.76. The molecule has 0 radical (unpaired) electrons. The molecule has 1 aliphatic heterocycles. The molecule has 2 aromatic heterocycles. The molecule has 0 saturated carbocycles. The Hall–Kier alpha value is -3.49. The van der Waals surface area contributed by atoms with Crippen molar-refractivity contribution in [3.8, 4) is 16.8 Å². The van der Waals surface area contributed by atoms with Crippen LogP contribution in [0, 0.1) is 0 Å². The second-order valence-corrected chi connectivity index (χ2v) is 9.71. The van der Waals surface area contributed by atoms with Crippen LogP contribution in [0.5, 0.6) is 0 Å². The lowest BCUT2D eigenvalue weighted by molar-refractivity contribution is 0.477.